The van der Waals surface area contributed by atoms with Crippen LogP contribution >= 0.6 is 22.9 Å². The molecule has 3 aromatic rings. The number of rotatable bonds is 5. The molecule has 0 aliphatic rings. The average molecular weight is 347 g/mol. The Morgan fingerprint density at radius 2 is 2.09 bits per heavy atom. The van der Waals surface area contributed by atoms with Crippen molar-refractivity contribution in [3.05, 3.63) is 54.1 Å². The first-order valence-corrected chi connectivity index (χ1v) is 8.39. The van der Waals surface area contributed by atoms with Gasteiger partial charge >= 0.3 is 0 Å². The standard InChI is InChI=1S/C17H15ClN2O2S/c1-11(18)16(21)20-17-19-14-8-7-13(9-15(14)23-17)22-10-12-5-3-2-4-6-12/h2-9,11H,10H2,1H3,(H,19,20,21). The number of fused-ring (bicyclic) bond motifs is 1. The lowest BCUT2D eigenvalue weighted by Gasteiger charge is -2.05. The van der Waals surface area contributed by atoms with Gasteiger partial charge in [-0.05, 0) is 30.7 Å². The molecular formula is C17H15ClN2O2S. The molecule has 0 radical (unpaired) electrons. The number of amides is 1. The number of carbonyl (C=O) groups excluding carboxylic acids is 1. The van der Waals surface area contributed by atoms with Crippen molar-refractivity contribution in [1.29, 1.82) is 0 Å². The average Bonchev–Trinajstić information content (AvgIpc) is 2.95. The topological polar surface area (TPSA) is 51.2 Å². The quantitative estimate of drug-likeness (QED) is 0.695. The molecule has 1 amide bonds. The van der Waals surface area contributed by atoms with Gasteiger partial charge in [-0.2, -0.15) is 0 Å². The second kappa shape index (κ2) is 6.98. The molecule has 1 atom stereocenters. The smallest absolute Gasteiger partial charge is 0.243 e. The third kappa shape index (κ3) is 4.00. The first kappa shape index (κ1) is 15.8. The molecular weight excluding hydrogens is 332 g/mol. The predicted molar refractivity (Wildman–Crippen MR) is 94.3 cm³/mol. The van der Waals surface area contributed by atoms with Gasteiger partial charge in [0.05, 0.1) is 10.2 Å². The second-order valence-electron chi connectivity index (χ2n) is 5.03. The molecule has 0 spiro atoms. The fraction of sp³-hybridized carbons (Fsp3) is 0.176. The summed E-state index contributed by atoms with van der Waals surface area (Å²) in [6.07, 6.45) is 0. The van der Waals surface area contributed by atoms with Gasteiger partial charge in [-0.15, -0.1) is 11.6 Å². The largest absolute Gasteiger partial charge is 0.489 e. The zero-order valence-corrected chi connectivity index (χ0v) is 14.0. The number of alkyl halides is 1. The molecule has 118 valence electrons. The number of halogens is 1. The number of ether oxygens (including phenoxy) is 1. The van der Waals surface area contributed by atoms with E-state index < -0.39 is 5.38 Å². The zero-order valence-electron chi connectivity index (χ0n) is 12.5. The number of hydrogen-bond donors (Lipinski definition) is 1. The number of aromatic nitrogens is 1. The van der Waals surface area contributed by atoms with E-state index in [0.29, 0.717) is 11.7 Å². The molecule has 6 heteroatoms. The summed E-state index contributed by atoms with van der Waals surface area (Å²) in [4.78, 5) is 16.0. The molecule has 2 aromatic carbocycles. The lowest BCUT2D eigenvalue weighted by Crippen LogP contribution is -2.19. The molecule has 0 aliphatic heterocycles. The highest BCUT2D eigenvalue weighted by Crippen LogP contribution is 2.29. The minimum absolute atomic E-state index is 0.258. The summed E-state index contributed by atoms with van der Waals surface area (Å²) in [6.45, 7) is 2.14. The number of thiazole rings is 1. The number of anilines is 1. The van der Waals surface area contributed by atoms with Crippen molar-refractivity contribution >= 4 is 44.2 Å². The first-order valence-electron chi connectivity index (χ1n) is 7.14. The summed E-state index contributed by atoms with van der Waals surface area (Å²) in [5.41, 5.74) is 1.93. The summed E-state index contributed by atoms with van der Waals surface area (Å²) >= 11 is 7.14. The van der Waals surface area contributed by atoms with Gasteiger partial charge < -0.3 is 10.1 Å². The maximum Gasteiger partial charge on any atom is 0.243 e. The summed E-state index contributed by atoms with van der Waals surface area (Å²) in [5.74, 6) is 0.514. The van der Waals surface area contributed by atoms with E-state index in [1.54, 1.807) is 6.92 Å². The Balaban J connectivity index is 1.72. The molecule has 0 bridgehead atoms. The van der Waals surface area contributed by atoms with Gasteiger partial charge in [-0.1, -0.05) is 41.7 Å². The molecule has 0 saturated heterocycles. The molecule has 3 rings (SSSR count). The number of nitrogens with one attached hydrogen (secondary N) is 1. The Labute approximate surface area is 143 Å². The second-order valence-corrected chi connectivity index (χ2v) is 6.71. The summed E-state index contributed by atoms with van der Waals surface area (Å²) in [6, 6.07) is 15.7. The van der Waals surface area contributed by atoms with E-state index in [0.717, 1.165) is 21.5 Å². The zero-order chi connectivity index (χ0) is 16.2. The van der Waals surface area contributed by atoms with E-state index in [2.05, 4.69) is 10.3 Å². The molecule has 23 heavy (non-hydrogen) atoms. The molecule has 0 saturated carbocycles. The van der Waals surface area contributed by atoms with E-state index in [1.165, 1.54) is 11.3 Å². The third-order valence-corrected chi connectivity index (χ3v) is 4.33. The van der Waals surface area contributed by atoms with Gasteiger partial charge in [0.15, 0.2) is 5.13 Å². The summed E-state index contributed by atoms with van der Waals surface area (Å²) in [5, 5.41) is 2.65. The van der Waals surface area contributed by atoms with Crippen molar-refractivity contribution in [2.75, 3.05) is 5.32 Å². The highest BCUT2D eigenvalue weighted by atomic mass is 35.5. The van der Waals surface area contributed by atoms with Crippen LogP contribution in [0.4, 0.5) is 5.13 Å². The normalized spacial score (nSPS) is 12.1. The highest BCUT2D eigenvalue weighted by Gasteiger charge is 2.12. The fourth-order valence-electron chi connectivity index (χ4n) is 1.99. The van der Waals surface area contributed by atoms with E-state index in [4.69, 9.17) is 16.3 Å². The van der Waals surface area contributed by atoms with Crippen molar-refractivity contribution in [2.45, 2.75) is 18.9 Å². The minimum atomic E-state index is -0.591. The first-order chi connectivity index (χ1) is 11.1. The predicted octanol–water partition coefficient (Wildman–Crippen LogP) is 4.44. The summed E-state index contributed by atoms with van der Waals surface area (Å²) < 4.78 is 6.75. The lowest BCUT2D eigenvalue weighted by molar-refractivity contribution is -0.115. The van der Waals surface area contributed by atoms with Crippen LogP contribution in [-0.2, 0) is 11.4 Å². The fourth-order valence-corrected chi connectivity index (χ4v) is 2.95. The van der Waals surface area contributed by atoms with Crippen LogP contribution in [-0.4, -0.2) is 16.3 Å². The van der Waals surface area contributed by atoms with Crippen LogP contribution in [0.15, 0.2) is 48.5 Å². The van der Waals surface area contributed by atoms with Crippen LogP contribution in [0, 0.1) is 0 Å². The van der Waals surface area contributed by atoms with Crippen LogP contribution in [0.5, 0.6) is 5.75 Å². The number of benzene rings is 2. The van der Waals surface area contributed by atoms with E-state index in [9.17, 15) is 4.79 Å². The maximum absolute atomic E-state index is 11.6. The van der Waals surface area contributed by atoms with Gasteiger partial charge in [0.25, 0.3) is 0 Å². The van der Waals surface area contributed by atoms with Crippen molar-refractivity contribution in [2.24, 2.45) is 0 Å². The lowest BCUT2D eigenvalue weighted by atomic mass is 10.2. The van der Waals surface area contributed by atoms with Gasteiger partial charge in [0.2, 0.25) is 5.91 Å². The van der Waals surface area contributed by atoms with E-state index in [1.807, 2.05) is 48.5 Å². The monoisotopic (exact) mass is 346 g/mol. The Morgan fingerprint density at radius 1 is 1.30 bits per heavy atom. The van der Waals surface area contributed by atoms with E-state index >= 15 is 0 Å². The molecule has 0 fully saturated rings. The van der Waals surface area contributed by atoms with E-state index in [-0.39, 0.29) is 5.91 Å². The van der Waals surface area contributed by atoms with Crippen LogP contribution in [0.2, 0.25) is 0 Å². The molecule has 1 heterocycles. The number of hydrogen-bond acceptors (Lipinski definition) is 4. The molecule has 1 aromatic heterocycles. The molecule has 1 N–H and O–H groups in total. The summed E-state index contributed by atoms with van der Waals surface area (Å²) in [7, 11) is 0. The number of nitrogens with zero attached hydrogens (tertiary/aromatic N) is 1. The van der Waals surface area contributed by atoms with Gasteiger partial charge in [0.1, 0.15) is 17.7 Å². The van der Waals surface area contributed by atoms with Crippen molar-refractivity contribution in [1.82, 2.24) is 4.98 Å². The van der Waals surface area contributed by atoms with Gasteiger partial charge in [-0.3, -0.25) is 4.79 Å². The van der Waals surface area contributed by atoms with Crippen molar-refractivity contribution < 1.29 is 9.53 Å². The van der Waals surface area contributed by atoms with Crippen molar-refractivity contribution in [3.8, 4) is 5.75 Å². The Hall–Kier alpha value is -2.11. The van der Waals surface area contributed by atoms with Crippen LogP contribution < -0.4 is 10.1 Å². The molecule has 0 aliphatic carbocycles. The van der Waals surface area contributed by atoms with Crippen LogP contribution in [0.1, 0.15) is 12.5 Å². The van der Waals surface area contributed by atoms with Crippen molar-refractivity contribution in [3.63, 3.8) is 0 Å². The molecule has 1 unspecified atom stereocenters. The Kier molecular flexibility index (Phi) is 4.79. The van der Waals surface area contributed by atoms with Crippen LogP contribution in [0.25, 0.3) is 10.2 Å². The Morgan fingerprint density at radius 3 is 2.83 bits per heavy atom. The highest BCUT2D eigenvalue weighted by molar-refractivity contribution is 7.22. The minimum Gasteiger partial charge on any atom is -0.489 e. The maximum atomic E-state index is 11.6. The third-order valence-electron chi connectivity index (χ3n) is 3.20. The molecule has 4 nitrogen and oxygen atoms in total. The number of carbonyl (C=O) groups is 1. The van der Waals surface area contributed by atoms with Gasteiger partial charge in [0, 0.05) is 0 Å². The SMILES string of the molecule is CC(Cl)C(=O)Nc1nc2ccc(OCc3ccccc3)cc2s1. The van der Waals surface area contributed by atoms with Crippen LogP contribution in [0.3, 0.4) is 0 Å². The van der Waals surface area contributed by atoms with Gasteiger partial charge in [-0.25, -0.2) is 4.98 Å². The Bertz CT molecular complexity index is 818.